The molecule has 1 amide bonds. The van der Waals surface area contributed by atoms with Crippen LogP contribution in [0.15, 0.2) is 21.3 Å². The molecule has 1 fully saturated rings. The summed E-state index contributed by atoms with van der Waals surface area (Å²) in [6.45, 7) is 1.48. The van der Waals surface area contributed by atoms with E-state index in [9.17, 15) is 4.79 Å². The Kier molecular flexibility index (Phi) is 4.42. The number of piperidine rings is 1. The zero-order valence-corrected chi connectivity index (χ0v) is 13.7. The molecule has 7 heteroatoms. The minimum absolute atomic E-state index is 0.140. The van der Waals surface area contributed by atoms with Gasteiger partial charge in [0.05, 0.1) is 12.3 Å². The Hall–Kier alpha value is -1.89. The van der Waals surface area contributed by atoms with E-state index in [4.69, 9.17) is 4.52 Å². The molecule has 1 aliphatic rings. The molecule has 0 N–H and O–H groups in total. The Bertz CT molecular complexity index is 623. The van der Waals surface area contributed by atoms with Crippen LogP contribution in [0.1, 0.15) is 30.2 Å². The molecule has 0 saturated carbocycles. The first-order valence-electron chi connectivity index (χ1n) is 7.43. The largest absolute Gasteiger partial charge is 0.344 e. The lowest BCUT2D eigenvalue weighted by molar-refractivity contribution is -0.131. The summed E-state index contributed by atoms with van der Waals surface area (Å²) >= 11 is 1.62. The van der Waals surface area contributed by atoms with E-state index in [1.54, 1.807) is 11.3 Å². The number of hydrogen-bond donors (Lipinski definition) is 0. The molecule has 2 aromatic heterocycles. The van der Waals surface area contributed by atoms with Crippen LogP contribution in [0.4, 0.5) is 5.95 Å². The van der Waals surface area contributed by atoms with E-state index in [0.29, 0.717) is 24.8 Å². The van der Waals surface area contributed by atoms with Gasteiger partial charge in [0.1, 0.15) is 0 Å². The van der Waals surface area contributed by atoms with Gasteiger partial charge in [0, 0.05) is 27.2 Å². The number of likely N-dealkylation sites (tertiary alicyclic amines) is 1. The average Bonchev–Trinajstić information content (AvgIpc) is 3.18. The van der Waals surface area contributed by atoms with Crippen LogP contribution < -0.4 is 4.90 Å². The van der Waals surface area contributed by atoms with Crippen LogP contribution in [0.5, 0.6) is 0 Å². The molecule has 3 heterocycles. The molecule has 22 heavy (non-hydrogen) atoms. The van der Waals surface area contributed by atoms with E-state index in [1.165, 1.54) is 0 Å². The van der Waals surface area contributed by atoms with E-state index < -0.39 is 0 Å². The van der Waals surface area contributed by atoms with Crippen molar-refractivity contribution >= 4 is 23.2 Å². The number of anilines is 1. The van der Waals surface area contributed by atoms with Gasteiger partial charge in [-0.2, -0.15) is 16.3 Å². The van der Waals surface area contributed by atoms with E-state index >= 15 is 0 Å². The Labute approximate surface area is 133 Å². The summed E-state index contributed by atoms with van der Waals surface area (Å²) in [7, 11) is 3.76. The minimum Gasteiger partial charge on any atom is -0.344 e. The molecule has 0 radical (unpaired) electrons. The molecule has 1 unspecified atom stereocenters. The second-order valence-corrected chi connectivity index (χ2v) is 6.59. The van der Waals surface area contributed by atoms with Crippen LogP contribution >= 0.6 is 11.3 Å². The highest BCUT2D eigenvalue weighted by molar-refractivity contribution is 7.07. The Morgan fingerprint density at radius 3 is 3.09 bits per heavy atom. The SMILES string of the molecule is CN(C)c1noc(C2CCCN(C(=O)Cc3ccsc3)C2)n1. The molecule has 0 spiro atoms. The topological polar surface area (TPSA) is 62.5 Å². The van der Waals surface area contributed by atoms with Crippen molar-refractivity contribution in [3.63, 3.8) is 0 Å². The fourth-order valence-electron chi connectivity index (χ4n) is 2.66. The Morgan fingerprint density at radius 2 is 2.41 bits per heavy atom. The molecule has 118 valence electrons. The van der Waals surface area contributed by atoms with Crippen molar-refractivity contribution in [1.82, 2.24) is 15.0 Å². The summed E-state index contributed by atoms with van der Waals surface area (Å²) in [6, 6.07) is 2.01. The van der Waals surface area contributed by atoms with Crippen LogP contribution in [0.2, 0.25) is 0 Å². The molecule has 0 aromatic carbocycles. The molecule has 3 rings (SSSR count). The normalized spacial score (nSPS) is 18.5. The molecule has 6 nitrogen and oxygen atoms in total. The van der Waals surface area contributed by atoms with E-state index in [1.807, 2.05) is 40.7 Å². The number of carbonyl (C=O) groups is 1. The molecule has 1 atom stereocenters. The Balaban J connectivity index is 1.64. The summed E-state index contributed by atoms with van der Waals surface area (Å²) in [5.74, 6) is 1.53. The van der Waals surface area contributed by atoms with Gasteiger partial charge in [0.2, 0.25) is 11.8 Å². The predicted octanol–water partition coefficient (Wildman–Crippen LogP) is 2.15. The first-order chi connectivity index (χ1) is 10.6. The average molecular weight is 320 g/mol. The van der Waals surface area contributed by atoms with Crippen LogP contribution in [0.25, 0.3) is 0 Å². The highest BCUT2D eigenvalue weighted by atomic mass is 32.1. The molecule has 0 bridgehead atoms. The van der Waals surface area contributed by atoms with Crippen molar-refractivity contribution in [2.45, 2.75) is 25.2 Å². The van der Waals surface area contributed by atoms with Gasteiger partial charge in [0.25, 0.3) is 5.95 Å². The minimum atomic E-state index is 0.140. The molecule has 1 saturated heterocycles. The number of hydrogen-bond acceptors (Lipinski definition) is 6. The second kappa shape index (κ2) is 6.48. The van der Waals surface area contributed by atoms with Gasteiger partial charge in [-0.25, -0.2) is 0 Å². The summed E-state index contributed by atoms with van der Waals surface area (Å²) < 4.78 is 5.36. The third kappa shape index (κ3) is 3.30. The van der Waals surface area contributed by atoms with Crippen molar-refractivity contribution in [3.8, 4) is 0 Å². The van der Waals surface area contributed by atoms with Crippen LogP contribution in [-0.2, 0) is 11.2 Å². The lowest BCUT2D eigenvalue weighted by Gasteiger charge is -2.31. The molecule has 1 aliphatic heterocycles. The standard InChI is InChI=1S/C15H20N4O2S/c1-18(2)15-16-14(21-17-15)12-4-3-6-19(9-12)13(20)8-11-5-7-22-10-11/h5,7,10,12H,3-4,6,8-9H2,1-2H3. The first kappa shape index (κ1) is 15.0. The van der Waals surface area contributed by atoms with Gasteiger partial charge < -0.3 is 14.3 Å². The maximum absolute atomic E-state index is 12.4. The Morgan fingerprint density at radius 1 is 1.55 bits per heavy atom. The zero-order valence-electron chi connectivity index (χ0n) is 12.9. The molecular weight excluding hydrogens is 300 g/mol. The number of carbonyl (C=O) groups excluding carboxylic acids is 1. The lowest BCUT2D eigenvalue weighted by atomic mass is 9.97. The third-order valence-corrected chi connectivity index (χ3v) is 4.62. The molecule has 0 aliphatic carbocycles. The number of aromatic nitrogens is 2. The molecule has 2 aromatic rings. The zero-order chi connectivity index (χ0) is 15.5. The van der Waals surface area contributed by atoms with Crippen molar-refractivity contribution in [3.05, 3.63) is 28.3 Å². The van der Waals surface area contributed by atoms with E-state index in [-0.39, 0.29) is 11.8 Å². The van der Waals surface area contributed by atoms with Crippen LogP contribution in [0, 0.1) is 0 Å². The number of nitrogens with zero attached hydrogens (tertiary/aromatic N) is 4. The van der Waals surface area contributed by atoms with Crippen LogP contribution in [0.3, 0.4) is 0 Å². The number of thiophene rings is 1. The fraction of sp³-hybridized carbons (Fsp3) is 0.533. The van der Waals surface area contributed by atoms with Crippen molar-refractivity contribution in [1.29, 1.82) is 0 Å². The van der Waals surface area contributed by atoms with E-state index in [0.717, 1.165) is 24.9 Å². The molecular formula is C15H20N4O2S. The number of amides is 1. The quantitative estimate of drug-likeness (QED) is 0.864. The summed E-state index contributed by atoms with van der Waals surface area (Å²) in [6.07, 6.45) is 2.43. The fourth-order valence-corrected chi connectivity index (χ4v) is 3.33. The van der Waals surface area contributed by atoms with Gasteiger partial charge in [-0.15, -0.1) is 0 Å². The van der Waals surface area contributed by atoms with Gasteiger partial charge in [0.15, 0.2) is 0 Å². The predicted molar refractivity (Wildman–Crippen MR) is 85.2 cm³/mol. The monoisotopic (exact) mass is 320 g/mol. The third-order valence-electron chi connectivity index (χ3n) is 3.89. The van der Waals surface area contributed by atoms with Crippen molar-refractivity contribution < 1.29 is 9.32 Å². The lowest BCUT2D eigenvalue weighted by Crippen LogP contribution is -2.40. The summed E-state index contributed by atoms with van der Waals surface area (Å²) in [5, 5.41) is 7.99. The highest BCUT2D eigenvalue weighted by Crippen LogP contribution is 2.27. The van der Waals surface area contributed by atoms with Crippen LogP contribution in [-0.4, -0.2) is 48.1 Å². The number of rotatable bonds is 4. The van der Waals surface area contributed by atoms with Gasteiger partial charge >= 0.3 is 0 Å². The van der Waals surface area contributed by atoms with Crippen molar-refractivity contribution in [2.75, 3.05) is 32.1 Å². The van der Waals surface area contributed by atoms with Crippen molar-refractivity contribution in [2.24, 2.45) is 0 Å². The summed E-state index contributed by atoms with van der Waals surface area (Å²) in [4.78, 5) is 20.6. The highest BCUT2D eigenvalue weighted by Gasteiger charge is 2.28. The van der Waals surface area contributed by atoms with Gasteiger partial charge in [-0.05, 0) is 40.4 Å². The smallest absolute Gasteiger partial charge is 0.265 e. The van der Waals surface area contributed by atoms with Gasteiger partial charge in [-0.1, -0.05) is 0 Å². The van der Waals surface area contributed by atoms with Gasteiger partial charge in [-0.3, -0.25) is 4.79 Å². The maximum atomic E-state index is 12.4. The maximum Gasteiger partial charge on any atom is 0.265 e. The first-order valence-corrected chi connectivity index (χ1v) is 8.37. The van der Waals surface area contributed by atoms with E-state index in [2.05, 4.69) is 10.1 Å². The summed E-state index contributed by atoms with van der Waals surface area (Å²) in [5.41, 5.74) is 1.09. The second-order valence-electron chi connectivity index (χ2n) is 5.81.